The minimum absolute atomic E-state index is 0.0837. The molecule has 7 nitrogen and oxygen atoms in total. The first-order valence-electron chi connectivity index (χ1n) is 9.83. The lowest BCUT2D eigenvalue weighted by molar-refractivity contribution is -0.169. The summed E-state index contributed by atoms with van der Waals surface area (Å²) in [7, 11) is 0. The third-order valence-corrected chi connectivity index (χ3v) is 5.64. The van der Waals surface area contributed by atoms with Gasteiger partial charge < -0.3 is 19.7 Å². The number of hydrogen-bond donors (Lipinski definition) is 1. The van der Waals surface area contributed by atoms with Crippen molar-refractivity contribution in [3.05, 3.63) is 17.5 Å². The molecule has 0 radical (unpaired) electrons. The molecule has 26 heavy (non-hydrogen) atoms. The van der Waals surface area contributed by atoms with Gasteiger partial charge in [-0.2, -0.15) is 0 Å². The van der Waals surface area contributed by atoms with Crippen LogP contribution in [-0.2, 0) is 9.47 Å². The van der Waals surface area contributed by atoms with Crippen molar-refractivity contribution in [2.24, 2.45) is 0 Å². The van der Waals surface area contributed by atoms with E-state index in [2.05, 4.69) is 20.2 Å². The molecule has 2 aliphatic heterocycles. The van der Waals surface area contributed by atoms with Gasteiger partial charge in [0.25, 0.3) is 5.91 Å². The van der Waals surface area contributed by atoms with Crippen molar-refractivity contribution >= 4 is 11.9 Å². The maximum atomic E-state index is 12.6. The van der Waals surface area contributed by atoms with Gasteiger partial charge in [-0.25, -0.2) is 9.97 Å². The fourth-order valence-electron chi connectivity index (χ4n) is 4.15. The van der Waals surface area contributed by atoms with Crippen LogP contribution in [0.1, 0.15) is 61.1 Å². The molecule has 3 fully saturated rings. The molecule has 1 aromatic rings. The van der Waals surface area contributed by atoms with E-state index in [4.69, 9.17) is 9.47 Å². The zero-order chi connectivity index (χ0) is 18.0. The first-order valence-corrected chi connectivity index (χ1v) is 9.83. The number of carbonyl (C=O) groups is 1. The standard InChI is InChI=1S/C19H28N4O3/c1-14-13-16(17(24)21-15-5-3-2-4-6-15)22-18(20-14)23-9-7-19(8-10-23)25-11-12-26-19/h13,15H,2-12H2,1H3,(H,21,24). The number of anilines is 1. The van der Waals surface area contributed by atoms with Crippen LogP contribution in [-0.4, -0.2) is 54.0 Å². The Kier molecular flexibility index (Phi) is 5.09. The third-order valence-electron chi connectivity index (χ3n) is 5.64. The topological polar surface area (TPSA) is 76.6 Å². The van der Waals surface area contributed by atoms with Gasteiger partial charge in [-0.3, -0.25) is 4.79 Å². The second-order valence-electron chi connectivity index (χ2n) is 7.60. The van der Waals surface area contributed by atoms with Crippen LogP contribution in [0.3, 0.4) is 0 Å². The van der Waals surface area contributed by atoms with Gasteiger partial charge >= 0.3 is 0 Å². The summed E-state index contributed by atoms with van der Waals surface area (Å²) in [6.07, 6.45) is 7.39. The third kappa shape index (κ3) is 3.83. The highest BCUT2D eigenvalue weighted by Crippen LogP contribution is 2.32. The lowest BCUT2D eigenvalue weighted by Gasteiger charge is -2.37. The molecule has 3 heterocycles. The first-order chi connectivity index (χ1) is 12.6. The summed E-state index contributed by atoms with van der Waals surface area (Å²) in [5, 5.41) is 3.14. The lowest BCUT2D eigenvalue weighted by atomic mass is 9.95. The molecule has 3 aliphatic rings. The monoisotopic (exact) mass is 360 g/mol. The highest BCUT2D eigenvalue weighted by molar-refractivity contribution is 5.92. The normalized spacial score (nSPS) is 23.3. The number of carbonyl (C=O) groups excluding carboxylic acids is 1. The minimum Gasteiger partial charge on any atom is -0.348 e. The Bertz CT molecular complexity index is 644. The Morgan fingerprint density at radius 2 is 1.85 bits per heavy atom. The fourth-order valence-corrected chi connectivity index (χ4v) is 4.15. The summed E-state index contributed by atoms with van der Waals surface area (Å²) < 4.78 is 11.6. The van der Waals surface area contributed by atoms with Crippen LogP contribution in [0.15, 0.2) is 6.07 Å². The van der Waals surface area contributed by atoms with Gasteiger partial charge in [-0.05, 0) is 25.8 Å². The summed E-state index contributed by atoms with van der Waals surface area (Å²) in [5.74, 6) is 0.132. The Morgan fingerprint density at radius 1 is 1.15 bits per heavy atom. The molecule has 0 unspecified atom stereocenters. The van der Waals surface area contributed by atoms with Crippen molar-refractivity contribution in [3.8, 4) is 0 Å². The molecule has 1 spiro atoms. The number of hydrogen-bond acceptors (Lipinski definition) is 6. The second kappa shape index (κ2) is 7.48. The van der Waals surface area contributed by atoms with E-state index in [1.54, 1.807) is 6.07 Å². The molecule has 1 N–H and O–H groups in total. The van der Waals surface area contributed by atoms with Crippen molar-refractivity contribution in [2.75, 3.05) is 31.2 Å². The van der Waals surface area contributed by atoms with E-state index in [-0.39, 0.29) is 11.9 Å². The summed E-state index contributed by atoms with van der Waals surface area (Å²) in [6.45, 7) is 4.80. The number of nitrogens with one attached hydrogen (secondary N) is 1. The number of piperidine rings is 1. The van der Waals surface area contributed by atoms with Gasteiger partial charge in [0, 0.05) is 37.7 Å². The molecule has 7 heteroatoms. The van der Waals surface area contributed by atoms with Crippen LogP contribution in [0.2, 0.25) is 0 Å². The average Bonchev–Trinajstić information content (AvgIpc) is 3.10. The van der Waals surface area contributed by atoms with Crippen LogP contribution in [0.25, 0.3) is 0 Å². The lowest BCUT2D eigenvalue weighted by Crippen LogP contribution is -2.46. The molecular weight excluding hydrogens is 332 g/mol. The van der Waals surface area contributed by atoms with E-state index in [1.165, 1.54) is 19.3 Å². The van der Waals surface area contributed by atoms with Gasteiger partial charge in [0.15, 0.2) is 5.79 Å². The molecule has 0 atom stereocenters. The van der Waals surface area contributed by atoms with Gasteiger partial charge in [-0.15, -0.1) is 0 Å². The quantitative estimate of drug-likeness (QED) is 0.890. The highest BCUT2D eigenvalue weighted by Gasteiger charge is 2.40. The van der Waals surface area contributed by atoms with Crippen molar-refractivity contribution in [1.82, 2.24) is 15.3 Å². The summed E-state index contributed by atoms with van der Waals surface area (Å²) >= 11 is 0. The zero-order valence-corrected chi connectivity index (χ0v) is 15.5. The highest BCUT2D eigenvalue weighted by atomic mass is 16.7. The zero-order valence-electron chi connectivity index (χ0n) is 15.5. The molecule has 1 saturated carbocycles. The smallest absolute Gasteiger partial charge is 0.270 e. The van der Waals surface area contributed by atoms with Crippen LogP contribution >= 0.6 is 0 Å². The number of ether oxygens (including phenoxy) is 2. The first kappa shape index (κ1) is 17.7. The Hall–Kier alpha value is -1.73. The average molecular weight is 360 g/mol. The predicted octanol–water partition coefficient (Wildman–Crippen LogP) is 2.19. The van der Waals surface area contributed by atoms with E-state index < -0.39 is 5.79 Å². The number of aryl methyl sites for hydroxylation is 1. The largest absolute Gasteiger partial charge is 0.348 e. The minimum atomic E-state index is -0.415. The molecule has 142 valence electrons. The fraction of sp³-hybridized carbons (Fsp3) is 0.737. The number of amides is 1. The second-order valence-corrected chi connectivity index (χ2v) is 7.60. The molecule has 1 amide bonds. The van der Waals surface area contributed by atoms with Crippen LogP contribution in [0, 0.1) is 6.92 Å². The number of nitrogens with zero attached hydrogens (tertiary/aromatic N) is 3. The molecule has 0 aromatic carbocycles. The van der Waals surface area contributed by atoms with E-state index in [0.717, 1.165) is 44.5 Å². The molecule has 4 rings (SSSR count). The van der Waals surface area contributed by atoms with Crippen LogP contribution in [0.5, 0.6) is 0 Å². The molecular formula is C19H28N4O3. The number of aromatic nitrogens is 2. The SMILES string of the molecule is Cc1cc(C(=O)NC2CCCCC2)nc(N2CCC3(CC2)OCCO3)n1. The predicted molar refractivity (Wildman–Crippen MR) is 97.2 cm³/mol. The molecule has 2 saturated heterocycles. The summed E-state index contributed by atoms with van der Waals surface area (Å²) in [4.78, 5) is 23.9. The molecule has 0 bridgehead atoms. The summed E-state index contributed by atoms with van der Waals surface area (Å²) in [6, 6.07) is 2.05. The van der Waals surface area contributed by atoms with Gasteiger partial charge in [0.1, 0.15) is 5.69 Å². The molecule has 1 aromatic heterocycles. The van der Waals surface area contributed by atoms with Gasteiger partial charge in [0.2, 0.25) is 5.95 Å². The maximum Gasteiger partial charge on any atom is 0.270 e. The summed E-state index contributed by atoms with van der Waals surface area (Å²) in [5.41, 5.74) is 1.28. The van der Waals surface area contributed by atoms with Crippen LogP contribution < -0.4 is 10.2 Å². The van der Waals surface area contributed by atoms with Crippen molar-refractivity contribution in [1.29, 1.82) is 0 Å². The van der Waals surface area contributed by atoms with E-state index in [9.17, 15) is 4.79 Å². The Balaban J connectivity index is 1.43. The maximum absolute atomic E-state index is 12.6. The van der Waals surface area contributed by atoms with Crippen molar-refractivity contribution in [2.45, 2.75) is 63.7 Å². The van der Waals surface area contributed by atoms with Crippen LogP contribution in [0.4, 0.5) is 5.95 Å². The van der Waals surface area contributed by atoms with E-state index in [1.807, 2.05) is 6.92 Å². The van der Waals surface area contributed by atoms with Crippen molar-refractivity contribution in [3.63, 3.8) is 0 Å². The Morgan fingerprint density at radius 3 is 2.54 bits per heavy atom. The van der Waals surface area contributed by atoms with Crippen molar-refractivity contribution < 1.29 is 14.3 Å². The Labute approximate surface area is 154 Å². The molecule has 1 aliphatic carbocycles. The number of rotatable bonds is 3. The van der Waals surface area contributed by atoms with Gasteiger partial charge in [0.05, 0.1) is 13.2 Å². The van der Waals surface area contributed by atoms with E-state index in [0.29, 0.717) is 24.9 Å². The van der Waals surface area contributed by atoms with Gasteiger partial charge in [-0.1, -0.05) is 19.3 Å². The van der Waals surface area contributed by atoms with E-state index >= 15 is 0 Å².